The quantitative estimate of drug-likeness (QED) is 0.462. The Morgan fingerprint density at radius 2 is 2.00 bits per heavy atom. The Morgan fingerprint density at radius 3 is 2.52 bits per heavy atom. The molecule has 0 aliphatic rings. The van der Waals surface area contributed by atoms with Crippen LogP contribution in [0.2, 0.25) is 0 Å². The molecular weight excluding hydrogens is 438 g/mol. The maximum atomic E-state index is 13.7. The van der Waals surface area contributed by atoms with E-state index in [4.69, 9.17) is 10.5 Å². The number of rotatable bonds is 10. The van der Waals surface area contributed by atoms with Crippen molar-refractivity contribution in [2.24, 2.45) is 12.8 Å². The molecule has 3 N–H and O–H groups in total. The summed E-state index contributed by atoms with van der Waals surface area (Å²) in [5, 5.41) is 5.75. The lowest BCUT2D eigenvalue weighted by molar-refractivity contribution is -0.121. The molecule has 1 atom stereocenters. The second-order valence-corrected chi connectivity index (χ2v) is 10.3. The average Bonchev–Trinajstić information content (AvgIpc) is 3.34. The first-order valence-corrected chi connectivity index (χ1v) is 11.9. The molecule has 31 heavy (non-hydrogen) atoms. The van der Waals surface area contributed by atoms with Crippen LogP contribution >= 0.6 is 11.3 Å². The van der Waals surface area contributed by atoms with E-state index in [2.05, 4.69) is 15.3 Å². The molecule has 0 radical (unpaired) electrons. The van der Waals surface area contributed by atoms with Crippen molar-refractivity contribution in [2.45, 2.75) is 29.5 Å². The summed E-state index contributed by atoms with van der Waals surface area (Å²) in [4.78, 5) is 19.2. The fourth-order valence-corrected chi connectivity index (χ4v) is 5.68. The van der Waals surface area contributed by atoms with E-state index in [-0.39, 0.29) is 17.9 Å². The molecule has 3 aromatic rings. The van der Waals surface area contributed by atoms with Crippen LogP contribution in [0.4, 0.5) is 0 Å². The van der Waals surface area contributed by atoms with Crippen molar-refractivity contribution < 1.29 is 17.9 Å². The highest BCUT2D eigenvalue weighted by atomic mass is 32.2. The van der Waals surface area contributed by atoms with Gasteiger partial charge in [0.15, 0.2) is 0 Å². The number of sulfone groups is 1. The smallest absolute Gasteiger partial charge is 0.254 e. The summed E-state index contributed by atoms with van der Waals surface area (Å²) in [5.74, 6) is -0.497. The van der Waals surface area contributed by atoms with Crippen molar-refractivity contribution in [3.63, 3.8) is 0 Å². The van der Waals surface area contributed by atoms with E-state index in [0.29, 0.717) is 17.9 Å². The van der Waals surface area contributed by atoms with Gasteiger partial charge in [-0.25, -0.2) is 18.4 Å². The van der Waals surface area contributed by atoms with E-state index in [0.717, 1.165) is 10.7 Å². The number of methoxy groups -OCH3 is 1. The minimum atomic E-state index is -4.23. The number of amides is 1. The molecule has 0 aliphatic heterocycles. The Labute approximate surface area is 185 Å². The molecule has 2 aromatic heterocycles. The molecule has 0 saturated heterocycles. The molecule has 0 bridgehead atoms. The molecule has 1 aromatic carbocycles. The topological polar surface area (TPSA) is 129 Å². The van der Waals surface area contributed by atoms with Gasteiger partial charge < -0.3 is 15.0 Å². The summed E-state index contributed by atoms with van der Waals surface area (Å²) in [6.07, 6.45) is 3.43. The number of ether oxygens (including phenoxy) is 1. The van der Waals surface area contributed by atoms with Crippen LogP contribution in [0, 0.1) is 6.92 Å². The van der Waals surface area contributed by atoms with Crippen LogP contribution in [-0.2, 0) is 34.5 Å². The van der Waals surface area contributed by atoms with Gasteiger partial charge in [-0.3, -0.25) is 10.1 Å². The van der Waals surface area contributed by atoms with E-state index in [1.165, 1.54) is 42.7 Å². The number of benzene rings is 1. The molecule has 0 saturated carbocycles. The number of aryl methyl sites for hydroxylation is 2. The zero-order chi connectivity index (χ0) is 22.6. The monoisotopic (exact) mass is 463 g/mol. The van der Waals surface area contributed by atoms with Crippen LogP contribution < -0.4 is 15.8 Å². The van der Waals surface area contributed by atoms with Crippen molar-refractivity contribution >= 4 is 27.1 Å². The number of carbonyl (C=O) groups excluding carboxylic acids is 1. The van der Waals surface area contributed by atoms with Gasteiger partial charge in [-0.2, -0.15) is 0 Å². The predicted octanol–water partition coefficient (Wildman–Crippen LogP) is 1.22. The van der Waals surface area contributed by atoms with Crippen molar-refractivity contribution in [3.05, 3.63) is 58.6 Å². The first kappa shape index (κ1) is 22.9. The predicted molar refractivity (Wildman–Crippen MR) is 118 cm³/mol. The molecule has 0 fully saturated rings. The van der Waals surface area contributed by atoms with Crippen LogP contribution in [0.1, 0.15) is 16.4 Å². The first-order valence-electron chi connectivity index (χ1n) is 9.49. The number of hydrogen-bond donors (Lipinski definition) is 2. The maximum absolute atomic E-state index is 13.7. The molecule has 1 unspecified atom stereocenters. The zero-order valence-electron chi connectivity index (χ0n) is 17.5. The van der Waals surface area contributed by atoms with Gasteiger partial charge in [0, 0.05) is 38.0 Å². The lowest BCUT2D eigenvalue weighted by Crippen LogP contribution is -2.62. The standard InChI is InChI=1S/C20H25N5O4S2/c1-14-24-15(12-30-14)8-9-23-20(19(21)26,10-16-11-25(2)13-22-16)31(27,28)18-6-4-17(29-3)5-7-18/h4-7,11-13,23H,8-10H2,1-3H3,(H2,21,26). The molecule has 9 nitrogen and oxygen atoms in total. The third-order valence-corrected chi connectivity index (χ3v) is 8.00. The highest BCUT2D eigenvalue weighted by molar-refractivity contribution is 7.93. The highest BCUT2D eigenvalue weighted by Crippen LogP contribution is 2.29. The second kappa shape index (κ2) is 9.16. The SMILES string of the molecule is COc1ccc(S(=O)(=O)C(Cc2cn(C)cn2)(NCCc2csc(C)n2)C(N)=O)cc1. The fourth-order valence-electron chi connectivity index (χ4n) is 3.24. The largest absolute Gasteiger partial charge is 0.497 e. The van der Waals surface area contributed by atoms with Gasteiger partial charge in [-0.05, 0) is 31.2 Å². The molecule has 0 spiro atoms. The molecule has 166 valence electrons. The van der Waals surface area contributed by atoms with Gasteiger partial charge in [0.1, 0.15) is 5.75 Å². The molecule has 2 heterocycles. The lowest BCUT2D eigenvalue weighted by atomic mass is 10.1. The van der Waals surface area contributed by atoms with E-state index >= 15 is 0 Å². The number of aromatic nitrogens is 3. The van der Waals surface area contributed by atoms with Crippen molar-refractivity contribution in [1.29, 1.82) is 0 Å². The van der Waals surface area contributed by atoms with E-state index in [1.807, 2.05) is 12.3 Å². The molecule has 11 heteroatoms. The highest BCUT2D eigenvalue weighted by Gasteiger charge is 2.50. The summed E-state index contributed by atoms with van der Waals surface area (Å²) < 4.78 is 34.2. The number of imidazole rings is 1. The number of hydrogen-bond acceptors (Lipinski definition) is 8. The maximum Gasteiger partial charge on any atom is 0.254 e. The Morgan fingerprint density at radius 1 is 1.29 bits per heavy atom. The minimum Gasteiger partial charge on any atom is -0.497 e. The van der Waals surface area contributed by atoms with Gasteiger partial charge in [0.2, 0.25) is 14.7 Å². The number of nitrogens with two attached hydrogens (primary N) is 1. The van der Waals surface area contributed by atoms with Crippen LogP contribution in [0.3, 0.4) is 0 Å². The Balaban J connectivity index is 2.00. The summed E-state index contributed by atoms with van der Waals surface area (Å²) in [5.41, 5.74) is 6.98. The van der Waals surface area contributed by atoms with Crippen LogP contribution in [-0.4, -0.2) is 47.4 Å². The number of carbonyl (C=O) groups is 1. The first-order chi connectivity index (χ1) is 14.7. The van der Waals surface area contributed by atoms with Gasteiger partial charge >= 0.3 is 0 Å². The van der Waals surface area contributed by atoms with Crippen molar-refractivity contribution in [1.82, 2.24) is 19.9 Å². The summed E-state index contributed by atoms with van der Waals surface area (Å²) in [7, 11) is -0.985. The van der Waals surface area contributed by atoms with Gasteiger partial charge in [-0.1, -0.05) is 0 Å². The molecule has 1 amide bonds. The lowest BCUT2D eigenvalue weighted by Gasteiger charge is -2.31. The van der Waals surface area contributed by atoms with E-state index in [9.17, 15) is 13.2 Å². The second-order valence-electron chi connectivity index (χ2n) is 7.11. The van der Waals surface area contributed by atoms with Gasteiger partial charge in [0.05, 0.1) is 34.7 Å². The van der Waals surface area contributed by atoms with E-state index in [1.54, 1.807) is 24.1 Å². The van der Waals surface area contributed by atoms with Gasteiger partial charge in [0.25, 0.3) is 5.91 Å². The zero-order valence-corrected chi connectivity index (χ0v) is 19.2. The van der Waals surface area contributed by atoms with Crippen molar-refractivity contribution in [2.75, 3.05) is 13.7 Å². The summed E-state index contributed by atoms with van der Waals surface area (Å²) >= 11 is 1.51. The Bertz CT molecular complexity index is 1150. The number of primary amides is 1. The van der Waals surface area contributed by atoms with Crippen LogP contribution in [0.5, 0.6) is 5.75 Å². The van der Waals surface area contributed by atoms with Crippen LogP contribution in [0.25, 0.3) is 0 Å². The van der Waals surface area contributed by atoms with E-state index < -0.39 is 20.6 Å². The minimum absolute atomic E-state index is 0.0416. The van der Waals surface area contributed by atoms with Crippen molar-refractivity contribution in [3.8, 4) is 5.75 Å². The average molecular weight is 464 g/mol. The number of nitrogens with zero attached hydrogens (tertiary/aromatic N) is 3. The third-order valence-electron chi connectivity index (χ3n) is 4.87. The summed E-state index contributed by atoms with van der Waals surface area (Å²) in [6, 6.07) is 5.85. The summed E-state index contributed by atoms with van der Waals surface area (Å²) in [6.45, 7) is 2.08. The Kier molecular flexibility index (Phi) is 6.77. The molecular formula is C20H25N5O4S2. The molecule has 0 aliphatic carbocycles. The van der Waals surface area contributed by atoms with Gasteiger partial charge in [-0.15, -0.1) is 11.3 Å². The fraction of sp³-hybridized carbons (Fsp3) is 0.350. The number of thiazole rings is 1. The van der Waals surface area contributed by atoms with Crippen LogP contribution in [0.15, 0.2) is 47.1 Å². The normalized spacial score (nSPS) is 13.6. The molecule has 3 rings (SSSR count). The third kappa shape index (κ3) is 4.78. The Hall–Kier alpha value is -2.76. The number of nitrogens with one attached hydrogen (secondary N) is 1.